The first-order valence-electron chi connectivity index (χ1n) is 9.71. The minimum atomic E-state index is -2.66. The molecule has 27 heavy (non-hydrogen) atoms. The van der Waals surface area contributed by atoms with Crippen molar-refractivity contribution in [3.8, 4) is 0 Å². The highest BCUT2D eigenvalue weighted by atomic mass is 19.3. The van der Waals surface area contributed by atoms with E-state index in [9.17, 15) is 13.6 Å². The molecule has 3 fully saturated rings. The molecule has 2 aliphatic heterocycles. The molecule has 144 valence electrons. The Hall–Kier alpha value is -2.09. The van der Waals surface area contributed by atoms with Gasteiger partial charge in [-0.1, -0.05) is 0 Å². The highest BCUT2D eigenvalue weighted by molar-refractivity contribution is 5.93. The second-order valence-corrected chi connectivity index (χ2v) is 8.17. The zero-order valence-corrected chi connectivity index (χ0v) is 15.2. The van der Waals surface area contributed by atoms with Crippen LogP contribution in [-0.4, -0.2) is 50.6 Å². The second-order valence-electron chi connectivity index (χ2n) is 8.17. The Bertz CT molecular complexity index is 880. The van der Waals surface area contributed by atoms with E-state index >= 15 is 0 Å². The number of fused-ring (bicyclic) bond motifs is 3. The number of nitrogens with one attached hydrogen (secondary N) is 1. The molecule has 2 aromatic rings. The summed E-state index contributed by atoms with van der Waals surface area (Å²) in [5.74, 6) is -0.0444. The lowest BCUT2D eigenvalue weighted by molar-refractivity contribution is 0.0876. The average Bonchev–Trinajstić information content (AvgIpc) is 3.36. The Labute approximate surface area is 155 Å². The van der Waals surface area contributed by atoms with Gasteiger partial charge in [-0.15, -0.1) is 0 Å². The first-order valence-corrected chi connectivity index (χ1v) is 9.71. The van der Waals surface area contributed by atoms with Gasteiger partial charge >= 0.3 is 0 Å². The van der Waals surface area contributed by atoms with Crippen molar-refractivity contribution in [1.82, 2.24) is 24.8 Å². The third kappa shape index (κ3) is 2.99. The maximum atomic E-state index is 13.5. The Kier molecular flexibility index (Phi) is 3.93. The molecule has 2 saturated heterocycles. The predicted molar refractivity (Wildman–Crippen MR) is 95.0 cm³/mol. The number of nitrogens with zero attached hydrogens (tertiary/aromatic N) is 4. The molecule has 3 aliphatic rings. The van der Waals surface area contributed by atoms with E-state index in [0.29, 0.717) is 23.4 Å². The van der Waals surface area contributed by atoms with Gasteiger partial charge in [0.1, 0.15) is 5.69 Å². The van der Waals surface area contributed by atoms with Gasteiger partial charge in [-0.05, 0) is 51.6 Å². The molecular weight excluding hydrogens is 352 g/mol. The lowest BCUT2D eigenvalue weighted by Crippen LogP contribution is -2.48. The predicted octanol–water partition coefficient (Wildman–Crippen LogP) is 2.90. The number of rotatable bonds is 4. The molecule has 0 aromatic carbocycles. The van der Waals surface area contributed by atoms with Crippen molar-refractivity contribution in [1.29, 1.82) is 0 Å². The zero-order chi connectivity index (χ0) is 18.7. The summed E-state index contributed by atoms with van der Waals surface area (Å²) in [4.78, 5) is 19.6. The van der Waals surface area contributed by atoms with Gasteiger partial charge in [-0.25, -0.2) is 18.3 Å². The highest BCUT2D eigenvalue weighted by Gasteiger charge is 2.39. The number of alkyl halides is 2. The molecule has 6 nitrogen and oxygen atoms in total. The molecule has 1 amide bonds. The lowest BCUT2D eigenvalue weighted by Gasteiger charge is -2.36. The van der Waals surface area contributed by atoms with Gasteiger partial charge in [-0.3, -0.25) is 4.79 Å². The minimum Gasteiger partial charge on any atom is -0.348 e. The van der Waals surface area contributed by atoms with E-state index in [1.807, 2.05) is 0 Å². The summed E-state index contributed by atoms with van der Waals surface area (Å²) in [7, 11) is 2.15. The van der Waals surface area contributed by atoms with Crippen LogP contribution in [-0.2, 0) is 0 Å². The second kappa shape index (κ2) is 6.22. The van der Waals surface area contributed by atoms with Crippen molar-refractivity contribution in [2.24, 2.45) is 0 Å². The maximum Gasteiger partial charge on any atom is 0.280 e. The van der Waals surface area contributed by atoms with Crippen LogP contribution in [0.4, 0.5) is 8.78 Å². The van der Waals surface area contributed by atoms with Gasteiger partial charge in [0.05, 0.1) is 0 Å². The van der Waals surface area contributed by atoms with Gasteiger partial charge in [0.25, 0.3) is 12.3 Å². The topological polar surface area (TPSA) is 62.5 Å². The summed E-state index contributed by atoms with van der Waals surface area (Å²) in [6.07, 6.45) is 3.50. The van der Waals surface area contributed by atoms with Gasteiger partial charge < -0.3 is 10.2 Å². The Balaban J connectivity index is 1.39. The quantitative estimate of drug-likeness (QED) is 0.893. The van der Waals surface area contributed by atoms with Crippen LogP contribution in [0, 0.1) is 0 Å². The van der Waals surface area contributed by atoms with Crippen molar-refractivity contribution >= 4 is 11.6 Å². The number of piperidine rings is 1. The van der Waals surface area contributed by atoms with Crippen LogP contribution in [0.25, 0.3) is 5.65 Å². The van der Waals surface area contributed by atoms with Crippen LogP contribution in [0.2, 0.25) is 0 Å². The summed E-state index contributed by atoms with van der Waals surface area (Å²) >= 11 is 0. The molecule has 2 bridgehead atoms. The molecule has 5 rings (SSSR count). The number of carbonyl (C=O) groups is 1. The van der Waals surface area contributed by atoms with E-state index < -0.39 is 6.43 Å². The van der Waals surface area contributed by atoms with Gasteiger partial charge in [0.2, 0.25) is 0 Å². The van der Waals surface area contributed by atoms with Crippen LogP contribution >= 0.6 is 0 Å². The van der Waals surface area contributed by atoms with E-state index in [1.54, 1.807) is 0 Å². The fourth-order valence-electron chi connectivity index (χ4n) is 4.66. The first-order chi connectivity index (χ1) is 13.0. The largest absolute Gasteiger partial charge is 0.348 e. The van der Waals surface area contributed by atoms with Gasteiger partial charge in [-0.2, -0.15) is 5.10 Å². The summed E-state index contributed by atoms with van der Waals surface area (Å²) < 4.78 is 28.1. The summed E-state index contributed by atoms with van der Waals surface area (Å²) in [5.41, 5.74) is 0.960. The third-order valence-corrected chi connectivity index (χ3v) is 6.36. The van der Waals surface area contributed by atoms with Crippen molar-refractivity contribution < 1.29 is 13.6 Å². The molecule has 8 heteroatoms. The molecule has 2 aromatic heterocycles. The molecule has 2 unspecified atom stereocenters. The van der Waals surface area contributed by atoms with Crippen LogP contribution in [0.15, 0.2) is 12.1 Å². The van der Waals surface area contributed by atoms with E-state index in [0.717, 1.165) is 30.2 Å². The minimum absolute atomic E-state index is 0.112. The van der Waals surface area contributed by atoms with E-state index in [2.05, 4.69) is 27.3 Å². The normalized spacial score (nSPS) is 28.2. The number of aromatic nitrogens is 3. The lowest BCUT2D eigenvalue weighted by atomic mass is 9.98. The summed E-state index contributed by atoms with van der Waals surface area (Å²) in [6.45, 7) is 0. The molecule has 0 spiro atoms. The number of hydrogen-bond donors (Lipinski definition) is 1. The number of halogens is 2. The third-order valence-electron chi connectivity index (χ3n) is 6.36. The van der Waals surface area contributed by atoms with Crippen LogP contribution in [0.1, 0.15) is 72.7 Å². The Morgan fingerprint density at radius 1 is 1.19 bits per heavy atom. The maximum absolute atomic E-state index is 13.5. The molecule has 1 N–H and O–H groups in total. The van der Waals surface area contributed by atoms with E-state index in [1.165, 1.54) is 25.0 Å². The van der Waals surface area contributed by atoms with Crippen LogP contribution in [0.3, 0.4) is 0 Å². The van der Waals surface area contributed by atoms with Crippen LogP contribution in [0.5, 0.6) is 0 Å². The van der Waals surface area contributed by atoms with Crippen LogP contribution < -0.4 is 5.32 Å². The fraction of sp³-hybridized carbons (Fsp3) is 0.632. The van der Waals surface area contributed by atoms with Crippen molar-refractivity contribution in [3.63, 3.8) is 0 Å². The number of amides is 1. The first kappa shape index (κ1) is 17.0. The molecule has 4 heterocycles. The SMILES string of the molecule is CN1C2CCC1CC(NC(=O)c1cc3nc(C4CC4)cc(C(F)F)n3n1)C2. The van der Waals surface area contributed by atoms with Crippen molar-refractivity contribution in [3.05, 3.63) is 29.2 Å². The Morgan fingerprint density at radius 2 is 1.89 bits per heavy atom. The Morgan fingerprint density at radius 3 is 2.52 bits per heavy atom. The molecular formula is C19H23F2N5O. The number of hydrogen-bond acceptors (Lipinski definition) is 4. The van der Waals surface area contributed by atoms with Gasteiger partial charge in [0, 0.05) is 35.8 Å². The monoisotopic (exact) mass is 375 g/mol. The highest BCUT2D eigenvalue weighted by Crippen LogP contribution is 2.40. The standard InChI is InChI=1S/C19H23F2N5O/c1-25-12-4-5-13(25)7-11(6-12)22-19(27)15-9-17-23-14(10-2-3-10)8-16(18(20)21)26(17)24-15/h8-13,18H,2-7H2,1H3,(H,22,27). The molecule has 2 atom stereocenters. The zero-order valence-electron chi connectivity index (χ0n) is 15.2. The van der Waals surface area contributed by atoms with E-state index in [-0.39, 0.29) is 29.3 Å². The molecule has 1 saturated carbocycles. The summed E-state index contributed by atoms with van der Waals surface area (Å²) in [6, 6.07) is 4.10. The molecule has 0 radical (unpaired) electrons. The number of carbonyl (C=O) groups excluding carboxylic acids is 1. The smallest absolute Gasteiger partial charge is 0.280 e. The van der Waals surface area contributed by atoms with Gasteiger partial charge in [0.15, 0.2) is 11.3 Å². The van der Waals surface area contributed by atoms with Crippen molar-refractivity contribution in [2.75, 3.05) is 7.05 Å². The summed E-state index contributed by atoms with van der Waals surface area (Å²) in [5, 5.41) is 7.20. The van der Waals surface area contributed by atoms with Crippen molar-refractivity contribution in [2.45, 2.75) is 69.0 Å². The fourth-order valence-corrected chi connectivity index (χ4v) is 4.66. The average molecular weight is 375 g/mol. The molecule has 1 aliphatic carbocycles. The van der Waals surface area contributed by atoms with E-state index in [4.69, 9.17) is 0 Å².